The van der Waals surface area contributed by atoms with Crippen molar-refractivity contribution in [2.24, 2.45) is 0 Å². The minimum absolute atomic E-state index is 0.107. The first-order valence-corrected chi connectivity index (χ1v) is 9.72. The Kier molecular flexibility index (Phi) is 5.41. The largest absolute Gasteiger partial charge is 0.493 e. The maximum absolute atomic E-state index is 13.3. The Labute approximate surface area is 178 Å². The fourth-order valence-electron chi connectivity index (χ4n) is 3.40. The van der Waals surface area contributed by atoms with Crippen LogP contribution in [0.1, 0.15) is 34.9 Å². The van der Waals surface area contributed by atoms with Crippen molar-refractivity contribution >= 4 is 16.8 Å². The van der Waals surface area contributed by atoms with Gasteiger partial charge < -0.3 is 18.9 Å². The third-order valence-electron chi connectivity index (χ3n) is 5.20. The number of amides is 1. The van der Waals surface area contributed by atoms with E-state index in [1.807, 2.05) is 0 Å². The second kappa shape index (κ2) is 8.17. The Bertz CT molecular complexity index is 1220. The van der Waals surface area contributed by atoms with Gasteiger partial charge in [0, 0.05) is 17.5 Å². The topological polar surface area (TPSA) is 101 Å². The molecule has 1 aromatic heterocycles. The van der Waals surface area contributed by atoms with Crippen LogP contribution in [0.15, 0.2) is 35.1 Å². The maximum Gasteiger partial charge on any atom is 0.280 e. The number of aromatic nitrogens is 2. The zero-order valence-corrected chi connectivity index (χ0v) is 17.7. The molecule has 0 aliphatic heterocycles. The number of nitrogens with one attached hydrogen (secondary N) is 1. The summed E-state index contributed by atoms with van der Waals surface area (Å²) in [6.07, 6.45) is 1.80. The normalized spacial score (nSPS) is 13.0. The predicted octanol–water partition coefficient (Wildman–Crippen LogP) is 2.69. The predicted molar refractivity (Wildman–Crippen MR) is 114 cm³/mol. The summed E-state index contributed by atoms with van der Waals surface area (Å²) < 4.78 is 22.3. The fraction of sp³-hybridized carbons (Fsp3) is 0.318. The molecule has 1 amide bonds. The molecule has 0 unspecified atom stereocenters. The Morgan fingerprint density at radius 3 is 2.16 bits per heavy atom. The molecule has 0 saturated heterocycles. The molecule has 1 aliphatic carbocycles. The summed E-state index contributed by atoms with van der Waals surface area (Å²) >= 11 is 0. The van der Waals surface area contributed by atoms with E-state index in [1.54, 1.807) is 30.3 Å². The number of nitrogens with zero attached hydrogens (tertiary/aromatic N) is 2. The number of carbonyl (C=O) groups excluding carboxylic acids is 1. The Hall–Kier alpha value is -3.75. The Morgan fingerprint density at radius 1 is 0.935 bits per heavy atom. The van der Waals surface area contributed by atoms with Crippen molar-refractivity contribution < 1.29 is 23.7 Å². The molecule has 9 nitrogen and oxygen atoms in total. The number of hydrogen-bond donors (Lipinski definition) is 1. The number of rotatable bonds is 7. The van der Waals surface area contributed by atoms with Gasteiger partial charge in [0.1, 0.15) is 5.82 Å². The van der Waals surface area contributed by atoms with Gasteiger partial charge in [0.2, 0.25) is 0 Å². The summed E-state index contributed by atoms with van der Waals surface area (Å²) in [5, 5.41) is 0.315. The minimum atomic E-state index is -0.466. The second-order valence-electron chi connectivity index (χ2n) is 7.12. The quantitative estimate of drug-likeness (QED) is 0.621. The van der Waals surface area contributed by atoms with Crippen LogP contribution in [-0.4, -0.2) is 44.0 Å². The molecular formula is C22H23N3O6. The molecule has 0 atom stereocenters. The zero-order chi connectivity index (χ0) is 22.1. The first kappa shape index (κ1) is 20.5. The molecule has 162 valence electrons. The molecule has 31 heavy (non-hydrogen) atoms. The van der Waals surface area contributed by atoms with Gasteiger partial charge in [0.25, 0.3) is 11.5 Å². The first-order chi connectivity index (χ1) is 15.0. The lowest BCUT2D eigenvalue weighted by atomic mass is 10.2. The van der Waals surface area contributed by atoms with E-state index in [4.69, 9.17) is 18.9 Å². The maximum atomic E-state index is 13.3. The Balaban J connectivity index is 1.79. The summed E-state index contributed by atoms with van der Waals surface area (Å²) in [6.45, 7) is 0. The summed E-state index contributed by atoms with van der Waals surface area (Å²) in [4.78, 5) is 30.9. The molecule has 0 bridgehead atoms. The number of benzene rings is 2. The fourth-order valence-corrected chi connectivity index (χ4v) is 3.40. The lowest BCUT2D eigenvalue weighted by Crippen LogP contribution is -2.36. The highest BCUT2D eigenvalue weighted by molar-refractivity contribution is 6.00. The molecule has 0 radical (unpaired) electrons. The summed E-state index contributed by atoms with van der Waals surface area (Å²) in [5.41, 5.74) is 3.12. The van der Waals surface area contributed by atoms with Gasteiger partial charge >= 0.3 is 0 Å². The van der Waals surface area contributed by atoms with Crippen LogP contribution >= 0.6 is 0 Å². The highest BCUT2D eigenvalue weighted by Crippen LogP contribution is 2.39. The van der Waals surface area contributed by atoms with E-state index in [9.17, 15) is 9.59 Å². The third kappa shape index (κ3) is 3.74. The molecule has 1 N–H and O–H groups in total. The van der Waals surface area contributed by atoms with Gasteiger partial charge in [0.05, 0.1) is 39.3 Å². The van der Waals surface area contributed by atoms with E-state index in [0.717, 1.165) is 12.8 Å². The van der Waals surface area contributed by atoms with Gasteiger partial charge in [-0.25, -0.2) is 9.66 Å². The minimum Gasteiger partial charge on any atom is -0.493 e. The van der Waals surface area contributed by atoms with Crippen molar-refractivity contribution in [2.75, 3.05) is 33.9 Å². The van der Waals surface area contributed by atoms with Crippen LogP contribution in [0.5, 0.6) is 23.0 Å². The standard InChI is InChI=1S/C22H23N3O6/c1-28-16-8-7-13(9-17(16)29-2)21(26)24-25-20(12-5-6-12)23-15-11-19(31-4)18(30-3)10-14(15)22(25)27/h7-12H,5-6H2,1-4H3,(H,24,26). The van der Waals surface area contributed by atoms with Crippen molar-refractivity contribution in [3.8, 4) is 23.0 Å². The van der Waals surface area contributed by atoms with Crippen molar-refractivity contribution in [1.82, 2.24) is 9.66 Å². The summed E-state index contributed by atoms with van der Waals surface area (Å²) in [7, 11) is 6.02. The number of ether oxygens (including phenoxy) is 4. The van der Waals surface area contributed by atoms with Gasteiger partial charge in [-0.3, -0.25) is 15.0 Å². The number of carbonyl (C=O) groups is 1. The highest BCUT2D eigenvalue weighted by atomic mass is 16.5. The molecule has 3 aromatic rings. The molecule has 1 heterocycles. The smallest absolute Gasteiger partial charge is 0.280 e. The van der Waals surface area contributed by atoms with Crippen molar-refractivity contribution in [1.29, 1.82) is 0 Å². The summed E-state index contributed by atoms with van der Waals surface area (Å²) in [6, 6.07) is 8.02. The first-order valence-electron chi connectivity index (χ1n) is 9.72. The molecule has 1 fully saturated rings. The third-order valence-corrected chi connectivity index (χ3v) is 5.20. The average molecular weight is 425 g/mol. The zero-order valence-electron chi connectivity index (χ0n) is 17.7. The van der Waals surface area contributed by atoms with E-state index in [2.05, 4.69) is 10.4 Å². The molecule has 2 aromatic carbocycles. The van der Waals surface area contributed by atoms with Crippen molar-refractivity contribution in [3.05, 3.63) is 52.1 Å². The van der Waals surface area contributed by atoms with Crippen molar-refractivity contribution in [2.45, 2.75) is 18.8 Å². The van der Waals surface area contributed by atoms with Crippen LogP contribution in [-0.2, 0) is 0 Å². The number of methoxy groups -OCH3 is 4. The van der Waals surface area contributed by atoms with Crippen LogP contribution < -0.4 is 29.9 Å². The molecule has 1 aliphatic rings. The number of fused-ring (bicyclic) bond motifs is 1. The van der Waals surface area contributed by atoms with Gasteiger partial charge in [0.15, 0.2) is 23.0 Å². The van der Waals surface area contributed by atoms with Crippen LogP contribution in [0, 0.1) is 0 Å². The van der Waals surface area contributed by atoms with Gasteiger partial charge in [-0.1, -0.05) is 0 Å². The monoisotopic (exact) mass is 425 g/mol. The molecular weight excluding hydrogens is 402 g/mol. The van der Waals surface area contributed by atoms with E-state index >= 15 is 0 Å². The van der Waals surface area contributed by atoms with Gasteiger partial charge in [-0.15, -0.1) is 0 Å². The van der Waals surface area contributed by atoms with E-state index in [-0.39, 0.29) is 11.5 Å². The van der Waals surface area contributed by atoms with Crippen LogP contribution in [0.25, 0.3) is 10.9 Å². The van der Waals surface area contributed by atoms with Crippen molar-refractivity contribution in [3.63, 3.8) is 0 Å². The molecule has 0 spiro atoms. The van der Waals surface area contributed by atoms with Crippen LogP contribution in [0.2, 0.25) is 0 Å². The van der Waals surface area contributed by atoms with Crippen LogP contribution in [0.4, 0.5) is 0 Å². The lowest BCUT2D eigenvalue weighted by Gasteiger charge is -2.16. The Morgan fingerprint density at radius 2 is 1.55 bits per heavy atom. The van der Waals surface area contributed by atoms with Gasteiger partial charge in [-0.2, -0.15) is 0 Å². The summed E-state index contributed by atoms with van der Waals surface area (Å²) in [5.74, 6) is 1.96. The lowest BCUT2D eigenvalue weighted by molar-refractivity contribution is 0.101. The van der Waals surface area contributed by atoms with E-state index < -0.39 is 5.91 Å². The second-order valence-corrected chi connectivity index (χ2v) is 7.12. The van der Waals surface area contributed by atoms with E-state index in [1.165, 1.54) is 33.1 Å². The van der Waals surface area contributed by atoms with E-state index in [0.29, 0.717) is 45.3 Å². The van der Waals surface area contributed by atoms with Crippen LogP contribution in [0.3, 0.4) is 0 Å². The molecule has 1 saturated carbocycles. The number of hydrogen-bond acceptors (Lipinski definition) is 7. The SMILES string of the molecule is COc1ccc(C(=O)Nn2c(C3CC3)nc3cc(OC)c(OC)cc3c2=O)cc1OC. The van der Waals surface area contributed by atoms with Gasteiger partial charge in [-0.05, 0) is 37.1 Å². The molecule has 9 heteroatoms. The average Bonchev–Trinajstić information content (AvgIpc) is 3.64. The highest BCUT2D eigenvalue weighted by Gasteiger charge is 2.30. The molecule has 4 rings (SSSR count).